The molecule has 1 amide bonds. The predicted molar refractivity (Wildman–Crippen MR) is 65.2 cm³/mol. The molecule has 0 radical (unpaired) electrons. The zero-order valence-corrected chi connectivity index (χ0v) is 10.6. The van der Waals surface area contributed by atoms with Crippen LogP contribution in [0.25, 0.3) is 0 Å². The summed E-state index contributed by atoms with van der Waals surface area (Å²) >= 11 is 0. The molecule has 16 heavy (non-hydrogen) atoms. The molecule has 2 heterocycles. The fourth-order valence-electron chi connectivity index (χ4n) is 2.77. The van der Waals surface area contributed by atoms with Gasteiger partial charge in [-0.05, 0) is 51.6 Å². The van der Waals surface area contributed by atoms with Crippen molar-refractivity contribution < 1.29 is 4.79 Å². The normalized spacial score (nSPS) is 26.0. The zero-order valence-electron chi connectivity index (χ0n) is 10.6. The van der Waals surface area contributed by atoms with E-state index in [1.807, 2.05) is 4.90 Å². The van der Waals surface area contributed by atoms with Crippen LogP contribution in [-0.2, 0) is 4.79 Å². The average molecular weight is 224 g/mol. The quantitative estimate of drug-likeness (QED) is 0.713. The highest BCUT2D eigenvalue weighted by molar-refractivity contribution is 5.81. The maximum atomic E-state index is 12.2. The van der Waals surface area contributed by atoms with Crippen LogP contribution in [0.2, 0.25) is 0 Å². The van der Waals surface area contributed by atoms with Gasteiger partial charge in [0.25, 0.3) is 0 Å². The van der Waals surface area contributed by atoms with Crippen molar-refractivity contribution in [3.8, 4) is 0 Å². The summed E-state index contributed by atoms with van der Waals surface area (Å²) in [6.45, 7) is 8.55. The van der Waals surface area contributed by atoms with E-state index in [2.05, 4.69) is 18.7 Å². The van der Waals surface area contributed by atoms with E-state index in [9.17, 15) is 4.79 Å². The molecule has 0 aliphatic carbocycles. The minimum atomic E-state index is 0.102. The summed E-state index contributed by atoms with van der Waals surface area (Å²) in [5.74, 6) is 1.19. The first kappa shape index (κ1) is 11.9. The van der Waals surface area contributed by atoms with E-state index in [0.717, 1.165) is 32.1 Å². The van der Waals surface area contributed by atoms with E-state index in [0.29, 0.717) is 5.91 Å². The highest BCUT2D eigenvalue weighted by Crippen LogP contribution is 2.19. The molecule has 2 fully saturated rings. The van der Waals surface area contributed by atoms with Crippen LogP contribution < -0.4 is 0 Å². The molecular formula is C13H24N2O. The summed E-state index contributed by atoms with van der Waals surface area (Å²) in [4.78, 5) is 16.6. The topological polar surface area (TPSA) is 23.6 Å². The standard InChI is InChI=1S/C13H24N2O/c1-11-5-9-14(10-6-11)12(2)13(16)15-7-3-4-8-15/h11-12H,3-10H2,1-2H3. The van der Waals surface area contributed by atoms with Gasteiger partial charge < -0.3 is 4.90 Å². The van der Waals surface area contributed by atoms with Gasteiger partial charge in [0.05, 0.1) is 6.04 Å². The Kier molecular flexibility index (Phi) is 3.85. The third-order valence-electron chi connectivity index (χ3n) is 4.14. The highest BCUT2D eigenvalue weighted by Gasteiger charge is 2.29. The molecule has 1 unspecified atom stereocenters. The van der Waals surface area contributed by atoms with Gasteiger partial charge >= 0.3 is 0 Å². The van der Waals surface area contributed by atoms with E-state index in [1.54, 1.807) is 0 Å². The zero-order chi connectivity index (χ0) is 11.5. The van der Waals surface area contributed by atoms with Gasteiger partial charge in [-0.15, -0.1) is 0 Å². The molecule has 2 rings (SSSR count). The Morgan fingerprint density at radius 1 is 1.12 bits per heavy atom. The third kappa shape index (κ3) is 2.57. The Hall–Kier alpha value is -0.570. The summed E-state index contributed by atoms with van der Waals surface area (Å²) in [5.41, 5.74) is 0. The first-order valence-corrected chi connectivity index (χ1v) is 6.71. The smallest absolute Gasteiger partial charge is 0.239 e. The number of hydrogen-bond donors (Lipinski definition) is 0. The molecule has 1 atom stereocenters. The molecule has 92 valence electrons. The van der Waals surface area contributed by atoms with Gasteiger partial charge in [0.15, 0.2) is 0 Å². The Bertz CT molecular complexity index is 240. The van der Waals surface area contributed by atoms with Crippen molar-refractivity contribution in [1.82, 2.24) is 9.80 Å². The van der Waals surface area contributed by atoms with Crippen molar-refractivity contribution >= 4 is 5.91 Å². The minimum Gasteiger partial charge on any atom is -0.341 e. The molecule has 2 saturated heterocycles. The molecule has 0 aromatic heterocycles. The number of carbonyl (C=O) groups is 1. The van der Waals surface area contributed by atoms with E-state index in [-0.39, 0.29) is 6.04 Å². The molecule has 0 aromatic rings. The van der Waals surface area contributed by atoms with Gasteiger partial charge in [-0.25, -0.2) is 0 Å². The third-order valence-corrected chi connectivity index (χ3v) is 4.14. The predicted octanol–water partition coefficient (Wildman–Crippen LogP) is 1.73. The van der Waals surface area contributed by atoms with E-state index in [4.69, 9.17) is 0 Å². The van der Waals surface area contributed by atoms with E-state index >= 15 is 0 Å². The average Bonchev–Trinajstić information content (AvgIpc) is 2.81. The summed E-state index contributed by atoms with van der Waals surface area (Å²) in [6, 6.07) is 0.102. The molecule has 0 spiro atoms. The summed E-state index contributed by atoms with van der Waals surface area (Å²) in [5, 5.41) is 0. The van der Waals surface area contributed by atoms with Gasteiger partial charge in [-0.2, -0.15) is 0 Å². The minimum absolute atomic E-state index is 0.102. The van der Waals surface area contributed by atoms with Crippen LogP contribution in [0.4, 0.5) is 0 Å². The van der Waals surface area contributed by atoms with Crippen LogP contribution in [0.1, 0.15) is 39.5 Å². The first-order chi connectivity index (χ1) is 7.68. The second-order valence-electron chi connectivity index (χ2n) is 5.43. The molecule has 2 aliphatic heterocycles. The Balaban J connectivity index is 1.86. The van der Waals surface area contributed by atoms with E-state index in [1.165, 1.54) is 25.7 Å². The van der Waals surface area contributed by atoms with Crippen LogP contribution in [0, 0.1) is 5.92 Å². The Morgan fingerprint density at radius 3 is 2.25 bits per heavy atom. The van der Waals surface area contributed by atoms with Crippen molar-refractivity contribution in [3.63, 3.8) is 0 Å². The molecule has 3 heteroatoms. The molecule has 0 saturated carbocycles. The second kappa shape index (κ2) is 5.17. The molecule has 0 bridgehead atoms. The fourth-order valence-corrected chi connectivity index (χ4v) is 2.77. The molecule has 0 aromatic carbocycles. The lowest BCUT2D eigenvalue weighted by molar-refractivity contribution is -0.135. The first-order valence-electron chi connectivity index (χ1n) is 6.71. The van der Waals surface area contributed by atoms with Crippen LogP contribution >= 0.6 is 0 Å². The maximum Gasteiger partial charge on any atom is 0.239 e. The van der Waals surface area contributed by atoms with Gasteiger partial charge in [0, 0.05) is 13.1 Å². The van der Waals surface area contributed by atoms with Gasteiger partial charge in [-0.1, -0.05) is 6.92 Å². The lowest BCUT2D eigenvalue weighted by Gasteiger charge is -2.35. The van der Waals surface area contributed by atoms with Crippen molar-refractivity contribution in [2.75, 3.05) is 26.2 Å². The van der Waals surface area contributed by atoms with Crippen LogP contribution in [0.3, 0.4) is 0 Å². The molecule has 2 aliphatic rings. The Morgan fingerprint density at radius 2 is 1.69 bits per heavy atom. The van der Waals surface area contributed by atoms with Gasteiger partial charge in [-0.3, -0.25) is 9.69 Å². The fraction of sp³-hybridized carbons (Fsp3) is 0.923. The van der Waals surface area contributed by atoms with Gasteiger partial charge in [0.2, 0.25) is 5.91 Å². The summed E-state index contributed by atoms with van der Waals surface area (Å²) in [7, 11) is 0. The molecule has 0 N–H and O–H groups in total. The number of rotatable bonds is 2. The van der Waals surface area contributed by atoms with Gasteiger partial charge in [0.1, 0.15) is 0 Å². The lowest BCUT2D eigenvalue weighted by Crippen LogP contribution is -2.48. The second-order valence-corrected chi connectivity index (χ2v) is 5.43. The number of amides is 1. The summed E-state index contributed by atoms with van der Waals surface area (Å²) in [6.07, 6.45) is 4.88. The van der Waals surface area contributed by atoms with E-state index < -0.39 is 0 Å². The summed E-state index contributed by atoms with van der Waals surface area (Å²) < 4.78 is 0. The number of carbonyl (C=O) groups excluding carboxylic acids is 1. The number of likely N-dealkylation sites (tertiary alicyclic amines) is 2. The molecule has 3 nitrogen and oxygen atoms in total. The molecular weight excluding hydrogens is 200 g/mol. The van der Waals surface area contributed by atoms with Crippen molar-refractivity contribution in [2.45, 2.75) is 45.6 Å². The SMILES string of the molecule is CC1CCN(C(C)C(=O)N2CCCC2)CC1. The van der Waals surface area contributed by atoms with Crippen LogP contribution in [0.5, 0.6) is 0 Å². The number of hydrogen-bond acceptors (Lipinski definition) is 2. The van der Waals surface area contributed by atoms with Crippen molar-refractivity contribution in [2.24, 2.45) is 5.92 Å². The maximum absolute atomic E-state index is 12.2. The highest BCUT2D eigenvalue weighted by atomic mass is 16.2. The number of nitrogens with zero attached hydrogens (tertiary/aromatic N) is 2. The largest absolute Gasteiger partial charge is 0.341 e. The lowest BCUT2D eigenvalue weighted by atomic mass is 9.98. The number of piperidine rings is 1. The van der Waals surface area contributed by atoms with Crippen LogP contribution in [-0.4, -0.2) is 47.9 Å². The van der Waals surface area contributed by atoms with Crippen molar-refractivity contribution in [1.29, 1.82) is 0 Å². The Labute approximate surface area is 98.8 Å². The van der Waals surface area contributed by atoms with Crippen molar-refractivity contribution in [3.05, 3.63) is 0 Å². The van der Waals surface area contributed by atoms with Crippen LogP contribution in [0.15, 0.2) is 0 Å². The monoisotopic (exact) mass is 224 g/mol.